The molecule has 8 heteroatoms. The van der Waals surface area contributed by atoms with Crippen LogP contribution in [0.25, 0.3) is 11.0 Å². The smallest absolute Gasteiger partial charge is 0.233 e. The van der Waals surface area contributed by atoms with Crippen molar-refractivity contribution in [3.63, 3.8) is 0 Å². The SMILES string of the molecule is CC(C)n1ncc2cc(NC(=O)CCN3C(=O)[C@@H]4CC=CC[C@H]4C3=O)cnc21. The Hall–Kier alpha value is -3.03. The van der Waals surface area contributed by atoms with Gasteiger partial charge in [0.25, 0.3) is 0 Å². The number of nitrogens with zero attached hydrogens (tertiary/aromatic N) is 4. The summed E-state index contributed by atoms with van der Waals surface area (Å²) < 4.78 is 1.82. The van der Waals surface area contributed by atoms with E-state index in [1.807, 2.05) is 36.7 Å². The van der Waals surface area contributed by atoms with Crippen molar-refractivity contribution in [1.29, 1.82) is 0 Å². The number of carbonyl (C=O) groups excluding carboxylic acids is 3. The first-order valence-electron chi connectivity index (χ1n) is 9.59. The summed E-state index contributed by atoms with van der Waals surface area (Å²) in [4.78, 5) is 42.8. The van der Waals surface area contributed by atoms with Crippen LogP contribution in [0.1, 0.15) is 39.2 Å². The van der Waals surface area contributed by atoms with Crippen LogP contribution in [0.4, 0.5) is 5.69 Å². The van der Waals surface area contributed by atoms with E-state index in [2.05, 4.69) is 15.4 Å². The predicted molar refractivity (Wildman–Crippen MR) is 103 cm³/mol. The molecule has 0 bridgehead atoms. The fourth-order valence-corrected chi connectivity index (χ4v) is 3.91. The molecule has 0 saturated carbocycles. The number of rotatable bonds is 5. The lowest BCUT2D eigenvalue weighted by Gasteiger charge is -2.14. The second-order valence-electron chi connectivity index (χ2n) is 7.60. The Morgan fingerprint density at radius 2 is 1.86 bits per heavy atom. The molecule has 8 nitrogen and oxygen atoms in total. The molecule has 2 aromatic rings. The van der Waals surface area contributed by atoms with E-state index in [9.17, 15) is 14.4 Å². The van der Waals surface area contributed by atoms with Crippen molar-refractivity contribution >= 4 is 34.4 Å². The maximum absolute atomic E-state index is 12.4. The van der Waals surface area contributed by atoms with Gasteiger partial charge >= 0.3 is 0 Å². The van der Waals surface area contributed by atoms with E-state index >= 15 is 0 Å². The average molecular weight is 381 g/mol. The molecule has 1 N–H and O–H groups in total. The molecule has 0 spiro atoms. The molecule has 4 rings (SSSR count). The number of fused-ring (bicyclic) bond motifs is 2. The fourth-order valence-electron chi connectivity index (χ4n) is 3.91. The van der Waals surface area contributed by atoms with Crippen LogP contribution >= 0.6 is 0 Å². The van der Waals surface area contributed by atoms with Gasteiger partial charge in [-0.25, -0.2) is 9.67 Å². The number of amides is 3. The molecule has 3 heterocycles. The molecule has 146 valence electrons. The second kappa shape index (κ2) is 7.18. The van der Waals surface area contributed by atoms with Gasteiger partial charge < -0.3 is 5.32 Å². The Labute approximate surface area is 162 Å². The summed E-state index contributed by atoms with van der Waals surface area (Å²) in [6, 6.07) is 2.01. The van der Waals surface area contributed by atoms with Gasteiger partial charge in [-0.15, -0.1) is 0 Å². The summed E-state index contributed by atoms with van der Waals surface area (Å²) in [5, 5.41) is 7.94. The minimum absolute atomic E-state index is 0.0631. The molecule has 0 radical (unpaired) electrons. The maximum Gasteiger partial charge on any atom is 0.233 e. The lowest BCUT2D eigenvalue weighted by atomic mass is 9.85. The van der Waals surface area contributed by atoms with E-state index < -0.39 is 0 Å². The van der Waals surface area contributed by atoms with Crippen LogP contribution in [0, 0.1) is 11.8 Å². The summed E-state index contributed by atoms with van der Waals surface area (Å²) >= 11 is 0. The molecule has 28 heavy (non-hydrogen) atoms. The number of likely N-dealkylation sites (tertiary alicyclic amines) is 1. The normalized spacial score (nSPS) is 21.6. The van der Waals surface area contributed by atoms with Crippen molar-refractivity contribution in [3.8, 4) is 0 Å². The van der Waals surface area contributed by atoms with Gasteiger partial charge in [-0.05, 0) is 32.8 Å². The molecule has 2 aromatic heterocycles. The molecule has 3 amide bonds. The number of nitrogens with one attached hydrogen (secondary N) is 1. The number of carbonyl (C=O) groups is 3. The fraction of sp³-hybridized carbons (Fsp3) is 0.450. The lowest BCUT2D eigenvalue weighted by molar-refractivity contribution is -0.140. The minimum Gasteiger partial charge on any atom is -0.325 e. The average Bonchev–Trinajstić information content (AvgIpc) is 3.20. The van der Waals surface area contributed by atoms with Gasteiger partial charge in [0, 0.05) is 24.4 Å². The Bertz CT molecular complexity index is 951. The second-order valence-corrected chi connectivity index (χ2v) is 7.60. The molecule has 1 aliphatic heterocycles. The number of anilines is 1. The Kier molecular flexibility index (Phi) is 4.70. The maximum atomic E-state index is 12.4. The van der Waals surface area contributed by atoms with Gasteiger partial charge in [0.05, 0.1) is 29.9 Å². The summed E-state index contributed by atoms with van der Waals surface area (Å²) in [6.45, 7) is 4.16. The Morgan fingerprint density at radius 1 is 1.18 bits per heavy atom. The largest absolute Gasteiger partial charge is 0.325 e. The van der Waals surface area contributed by atoms with Gasteiger partial charge in [0.1, 0.15) is 0 Å². The molecular weight excluding hydrogens is 358 g/mol. The van der Waals surface area contributed by atoms with Crippen LogP contribution in [0.5, 0.6) is 0 Å². The van der Waals surface area contributed by atoms with Gasteiger partial charge in [-0.1, -0.05) is 12.2 Å². The van der Waals surface area contributed by atoms with E-state index in [-0.39, 0.29) is 48.6 Å². The summed E-state index contributed by atoms with van der Waals surface area (Å²) in [5.41, 5.74) is 1.33. The number of pyridine rings is 1. The van der Waals surface area contributed by atoms with Gasteiger partial charge in [0.15, 0.2) is 5.65 Å². The summed E-state index contributed by atoms with van der Waals surface area (Å²) in [7, 11) is 0. The number of hydrogen-bond acceptors (Lipinski definition) is 5. The highest BCUT2D eigenvalue weighted by Crippen LogP contribution is 2.35. The number of aromatic nitrogens is 3. The van der Waals surface area contributed by atoms with Crippen molar-refractivity contribution in [3.05, 3.63) is 30.6 Å². The van der Waals surface area contributed by atoms with Crippen molar-refractivity contribution in [1.82, 2.24) is 19.7 Å². The van der Waals surface area contributed by atoms with Gasteiger partial charge in [-0.2, -0.15) is 5.10 Å². The zero-order valence-corrected chi connectivity index (χ0v) is 16.0. The Morgan fingerprint density at radius 3 is 2.50 bits per heavy atom. The van der Waals surface area contributed by atoms with Gasteiger partial charge in [0.2, 0.25) is 17.7 Å². The van der Waals surface area contributed by atoms with Gasteiger partial charge in [-0.3, -0.25) is 19.3 Å². The summed E-state index contributed by atoms with van der Waals surface area (Å²) in [5.74, 6) is -1.09. The van der Waals surface area contributed by atoms with Crippen LogP contribution in [-0.2, 0) is 14.4 Å². The molecule has 2 aliphatic rings. The predicted octanol–water partition coefficient (Wildman–Crippen LogP) is 2.29. The van der Waals surface area contributed by atoms with E-state index in [1.54, 1.807) is 12.4 Å². The zero-order chi connectivity index (χ0) is 19.8. The molecule has 0 unspecified atom stereocenters. The third-order valence-electron chi connectivity index (χ3n) is 5.37. The molecule has 2 atom stereocenters. The quantitative estimate of drug-likeness (QED) is 0.633. The summed E-state index contributed by atoms with van der Waals surface area (Å²) in [6.07, 6.45) is 8.48. The van der Waals surface area contributed by atoms with Crippen LogP contribution in [0.2, 0.25) is 0 Å². The number of imide groups is 1. The highest BCUT2D eigenvalue weighted by Gasteiger charge is 2.46. The van der Waals surface area contributed by atoms with E-state index in [0.29, 0.717) is 18.5 Å². The first-order chi connectivity index (χ1) is 13.5. The topological polar surface area (TPSA) is 97.2 Å². The van der Waals surface area contributed by atoms with Crippen LogP contribution in [0.15, 0.2) is 30.6 Å². The van der Waals surface area contributed by atoms with E-state index in [0.717, 1.165) is 11.0 Å². The molecule has 0 aromatic carbocycles. The highest BCUT2D eigenvalue weighted by molar-refractivity contribution is 6.06. The standard InChI is InChI=1S/C20H23N5O3/c1-12(2)25-18-13(10-22-25)9-14(11-21-18)23-17(26)7-8-24-19(27)15-5-3-4-6-16(15)20(24)28/h3-4,9-12,15-16H,5-8H2,1-2H3,(H,23,26)/t15-,16-/m1/s1. The third kappa shape index (κ3) is 3.19. The molecule has 1 saturated heterocycles. The first-order valence-corrected chi connectivity index (χ1v) is 9.59. The number of hydrogen-bond donors (Lipinski definition) is 1. The Balaban J connectivity index is 1.38. The van der Waals surface area contributed by atoms with E-state index in [4.69, 9.17) is 0 Å². The third-order valence-corrected chi connectivity index (χ3v) is 5.37. The lowest BCUT2D eigenvalue weighted by Crippen LogP contribution is -2.34. The monoisotopic (exact) mass is 381 g/mol. The van der Waals surface area contributed by atoms with Crippen LogP contribution < -0.4 is 5.32 Å². The molecule has 1 fully saturated rings. The number of allylic oxidation sites excluding steroid dienone is 2. The van der Waals surface area contributed by atoms with Crippen molar-refractivity contribution < 1.29 is 14.4 Å². The van der Waals surface area contributed by atoms with Crippen LogP contribution in [0.3, 0.4) is 0 Å². The van der Waals surface area contributed by atoms with Crippen molar-refractivity contribution in [2.45, 2.75) is 39.2 Å². The highest BCUT2D eigenvalue weighted by atomic mass is 16.2. The first kappa shape index (κ1) is 18.3. The zero-order valence-electron chi connectivity index (χ0n) is 16.0. The van der Waals surface area contributed by atoms with Crippen molar-refractivity contribution in [2.24, 2.45) is 11.8 Å². The molecule has 1 aliphatic carbocycles. The van der Waals surface area contributed by atoms with E-state index in [1.165, 1.54) is 4.90 Å². The molecular formula is C20H23N5O3. The van der Waals surface area contributed by atoms with Crippen molar-refractivity contribution in [2.75, 3.05) is 11.9 Å². The van der Waals surface area contributed by atoms with Crippen LogP contribution in [-0.4, -0.2) is 43.9 Å². The minimum atomic E-state index is -0.260.